The summed E-state index contributed by atoms with van der Waals surface area (Å²) in [6.07, 6.45) is 3.45. The number of alkyl halides is 1. The summed E-state index contributed by atoms with van der Waals surface area (Å²) < 4.78 is 0. The Hall–Kier alpha value is -1.61. The lowest BCUT2D eigenvalue weighted by molar-refractivity contribution is 0.0954. The van der Waals surface area contributed by atoms with Crippen molar-refractivity contribution >= 4 is 21.8 Å². The van der Waals surface area contributed by atoms with Gasteiger partial charge in [-0.25, -0.2) is 0 Å². The number of rotatable bonds is 4. The molecule has 21 heavy (non-hydrogen) atoms. The maximum atomic E-state index is 12.2. The summed E-state index contributed by atoms with van der Waals surface area (Å²) >= 11 is 3.62. The van der Waals surface area contributed by atoms with Gasteiger partial charge in [0, 0.05) is 12.1 Å². The first-order valence-corrected chi connectivity index (χ1v) is 8.24. The highest BCUT2D eigenvalue weighted by molar-refractivity contribution is 9.09. The number of carbonyl (C=O) groups excluding carboxylic acids is 1. The van der Waals surface area contributed by atoms with Crippen molar-refractivity contribution in [3.05, 3.63) is 70.8 Å². The lowest BCUT2D eigenvalue weighted by Gasteiger charge is -2.12. The molecule has 0 saturated heterocycles. The molecule has 3 heteroatoms. The van der Waals surface area contributed by atoms with Gasteiger partial charge in [-0.3, -0.25) is 4.79 Å². The molecule has 0 aliphatic heterocycles. The minimum atomic E-state index is 0.00470. The molecule has 2 aromatic rings. The van der Waals surface area contributed by atoms with Crippen LogP contribution in [0.25, 0.3) is 0 Å². The SMILES string of the molecule is O=C(NCC(Br)c1ccccc1)c1ccc2c(c1)CCC2. The van der Waals surface area contributed by atoms with E-state index in [-0.39, 0.29) is 10.7 Å². The van der Waals surface area contributed by atoms with Crippen LogP contribution < -0.4 is 5.32 Å². The van der Waals surface area contributed by atoms with E-state index in [1.807, 2.05) is 30.3 Å². The van der Waals surface area contributed by atoms with Crippen LogP contribution in [-0.4, -0.2) is 12.5 Å². The molecule has 108 valence electrons. The van der Waals surface area contributed by atoms with Crippen LogP contribution in [0.4, 0.5) is 0 Å². The van der Waals surface area contributed by atoms with Crippen LogP contribution in [0, 0.1) is 0 Å². The monoisotopic (exact) mass is 343 g/mol. The van der Waals surface area contributed by atoms with Gasteiger partial charge in [0.25, 0.3) is 5.91 Å². The third kappa shape index (κ3) is 3.35. The van der Waals surface area contributed by atoms with Crippen molar-refractivity contribution in [1.82, 2.24) is 5.32 Å². The zero-order valence-corrected chi connectivity index (χ0v) is 13.4. The van der Waals surface area contributed by atoms with Gasteiger partial charge in [-0.15, -0.1) is 0 Å². The lowest BCUT2D eigenvalue weighted by Crippen LogP contribution is -2.26. The molecule has 0 fully saturated rings. The van der Waals surface area contributed by atoms with E-state index in [1.54, 1.807) is 0 Å². The smallest absolute Gasteiger partial charge is 0.251 e. The fourth-order valence-corrected chi connectivity index (χ4v) is 3.24. The van der Waals surface area contributed by atoms with Crippen LogP contribution in [0.5, 0.6) is 0 Å². The maximum Gasteiger partial charge on any atom is 0.251 e. The van der Waals surface area contributed by atoms with Crippen molar-refractivity contribution in [3.8, 4) is 0 Å². The Morgan fingerprint density at radius 2 is 1.86 bits per heavy atom. The highest BCUT2D eigenvalue weighted by Crippen LogP contribution is 2.23. The van der Waals surface area contributed by atoms with E-state index in [1.165, 1.54) is 23.1 Å². The van der Waals surface area contributed by atoms with E-state index >= 15 is 0 Å². The summed E-state index contributed by atoms with van der Waals surface area (Å²) in [6, 6.07) is 16.2. The van der Waals surface area contributed by atoms with Crippen molar-refractivity contribution in [1.29, 1.82) is 0 Å². The number of nitrogens with one attached hydrogen (secondary N) is 1. The van der Waals surface area contributed by atoms with Crippen LogP contribution in [0.1, 0.15) is 38.3 Å². The van der Waals surface area contributed by atoms with Crippen LogP contribution in [0.3, 0.4) is 0 Å². The van der Waals surface area contributed by atoms with Gasteiger partial charge >= 0.3 is 0 Å². The Morgan fingerprint density at radius 1 is 1.10 bits per heavy atom. The molecule has 0 bridgehead atoms. The van der Waals surface area contributed by atoms with E-state index < -0.39 is 0 Å². The summed E-state index contributed by atoms with van der Waals surface area (Å²) in [5.41, 5.74) is 4.67. The number of halogens is 1. The number of aryl methyl sites for hydroxylation is 2. The Balaban J connectivity index is 1.62. The fraction of sp³-hybridized carbons (Fsp3) is 0.278. The first kappa shape index (κ1) is 14.3. The summed E-state index contributed by atoms with van der Waals surface area (Å²) in [5.74, 6) is 0.00470. The van der Waals surface area contributed by atoms with Crippen molar-refractivity contribution < 1.29 is 4.79 Å². The first-order chi connectivity index (χ1) is 10.2. The number of amides is 1. The van der Waals surface area contributed by atoms with Crippen LogP contribution >= 0.6 is 15.9 Å². The minimum Gasteiger partial charge on any atom is -0.351 e. The average molecular weight is 344 g/mol. The number of hydrogen-bond acceptors (Lipinski definition) is 1. The maximum absolute atomic E-state index is 12.2. The van der Waals surface area contributed by atoms with Crippen LogP contribution in [0.2, 0.25) is 0 Å². The van der Waals surface area contributed by atoms with Gasteiger partial charge in [-0.1, -0.05) is 52.3 Å². The Bertz CT molecular complexity index is 639. The molecular formula is C18H18BrNO. The van der Waals surface area contributed by atoms with Gasteiger partial charge < -0.3 is 5.32 Å². The fourth-order valence-electron chi connectivity index (χ4n) is 2.78. The molecular weight excluding hydrogens is 326 g/mol. The Labute approximate surface area is 133 Å². The molecule has 0 spiro atoms. The van der Waals surface area contributed by atoms with Crippen LogP contribution in [0.15, 0.2) is 48.5 Å². The van der Waals surface area contributed by atoms with Crippen molar-refractivity contribution in [2.45, 2.75) is 24.1 Å². The molecule has 2 nitrogen and oxygen atoms in total. The minimum absolute atomic E-state index is 0.00470. The molecule has 1 unspecified atom stereocenters. The lowest BCUT2D eigenvalue weighted by atomic mass is 10.1. The second-order valence-electron chi connectivity index (χ2n) is 5.43. The highest BCUT2D eigenvalue weighted by Gasteiger charge is 2.15. The van der Waals surface area contributed by atoms with Gasteiger partial charge in [0.2, 0.25) is 0 Å². The summed E-state index contributed by atoms with van der Waals surface area (Å²) in [4.78, 5) is 12.4. The van der Waals surface area contributed by atoms with E-state index in [2.05, 4.69) is 39.4 Å². The second kappa shape index (κ2) is 6.44. The molecule has 0 heterocycles. The molecule has 2 aromatic carbocycles. The second-order valence-corrected chi connectivity index (χ2v) is 6.53. The first-order valence-electron chi connectivity index (χ1n) is 7.33. The quantitative estimate of drug-likeness (QED) is 0.834. The summed E-state index contributed by atoms with van der Waals surface area (Å²) in [7, 11) is 0. The number of fused-ring (bicyclic) bond motifs is 1. The molecule has 0 saturated carbocycles. The van der Waals surface area contributed by atoms with Gasteiger partial charge in [-0.2, -0.15) is 0 Å². The molecule has 1 amide bonds. The largest absolute Gasteiger partial charge is 0.351 e. The molecule has 3 rings (SSSR count). The van der Waals surface area contributed by atoms with E-state index in [0.717, 1.165) is 18.4 Å². The van der Waals surface area contributed by atoms with E-state index in [4.69, 9.17) is 0 Å². The molecule has 0 radical (unpaired) electrons. The molecule has 1 N–H and O–H groups in total. The summed E-state index contributed by atoms with van der Waals surface area (Å²) in [5, 5.41) is 3.00. The molecule has 1 aliphatic carbocycles. The zero-order chi connectivity index (χ0) is 14.7. The third-order valence-corrected chi connectivity index (χ3v) is 4.82. The zero-order valence-electron chi connectivity index (χ0n) is 11.8. The van der Waals surface area contributed by atoms with Crippen molar-refractivity contribution in [2.75, 3.05) is 6.54 Å². The normalized spacial score (nSPS) is 14.5. The molecule has 1 atom stereocenters. The topological polar surface area (TPSA) is 29.1 Å². The predicted molar refractivity (Wildman–Crippen MR) is 88.9 cm³/mol. The van der Waals surface area contributed by atoms with E-state index in [9.17, 15) is 4.79 Å². The molecule has 0 aromatic heterocycles. The highest BCUT2D eigenvalue weighted by atomic mass is 79.9. The standard InChI is InChI=1S/C18H18BrNO/c19-17(14-5-2-1-3-6-14)12-20-18(21)16-10-9-13-7-4-8-15(13)11-16/h1-3,5-6,9-11,17H,4,7-8,12H2,(H,20,21). The Kier molecular flexibility index (Phi) is 4.39. The Morgan fingerprint density at radius 3 is 2.67 bits per heavy atom. The number of benzene rings is 2. The average Bonchev–Trinajstić information content (AvgIpc) is 3.00. The third-order valence-electron chi connectivity index (χ3n) is 3.96. The number of carbonyl (C=O) groups is 1. The van der Waals surface area contributed by atoms with Gasteiger partial charge in [0.1, 0.15) is 0 Å². The summed E-state index contributed by atoms with van der Waals surface area (Å²) in [6.45, 7) is 0.583. The van der Waals surface area contributed by atoms with Crippen molar-refractivity contribution in [2.24, 2.45) is 0 Å². The molecule has 1 aliphatic rings. The van der Waals surface area contributed by atoms with Gasteiger partial charge in [-0.05, 0) is 48.1 Å². The van der Waals surface area contributed by atoms with Crippen molar-refractivity contribution in [3.63, 3.8) is 0 Å². The number of hydrogen-bond donors (Lipinski definition) is 1. The van der Waals surface area contributed by atoms with Crippen LogP contribution in [-0.2, 0) is 12.8 Å². The van der Waals surface area contributed by atoms with E-state index in [0.29, 0.717) is 6.54 Å². The predicted octanol–water partition coefficient (Wildman–Crippen LogP) is 4.04. The van der Waals surface area contributed by atoms with Gasteiger partial charge in [0.05, 0.1) is 4.83 Å². The van der Waals surface area contributed by atoms with Gasteiger partial charge in [0.15, 0.2) is 0 Å².